The molecule has 1 aliphatic rings. The molecule has 0 atom stereocenters. The standard InChI is InChI=1S/C29H32N4O/c1-23-29(24(2)33(30-23)27-11-7-4-8-12-27)32-19-17-31(18-20-32)21-25-13-15-28(16-14-25)34-22-26-9-5-3-6-10-26/h3-16H,17-22H2,1-2H3. The number of hydrogen-bond donors (Lipinski definition) is 0. The van der Waals surface area contributed by atoms with Crippen molar-refractivity contribution in [2.75, 3.05) is 31.1 Å². The van der Waals surface area contributed by atoms with Crippen LogP contribution in [0.15, 0.2) is 84.9 Å². The zero-order valence-electron chi connectivity index (χ0n) is 20.0. The lowest BCUT2D eigenvalue weighted by Crippen LogP contribution is -2.46. The molecule has 5 rings (SSSR count). The predicted octanol–water partition coefficient (Wildman–Crippen LogP) is 5.39. The molecule has 0 saturated carbocycles. The predicted molar refractivity (Wildman–Crippen MR) is 138 cm³/mol. The van der Waals surface area contributed by atoms with Gasteiger partial charge in [-0.1, -0.05) is 60.7 Å². The quantitative estimate of drug-likeness (QED) is 0.376. The highest BCUT2D eigenvalue weighted by Gasteiger charge is 2.23. The molecule has 3 aromatic carbocycles. The second kappa shape index (κ2) is 10.1. The van der Waals surface area contributed by atoms with Crippen molar-refractivity contribution in [1.29, 1.82) is 0 Å². The van der Waals surface area contributed by atoms with Gasteiger partial charge >= 0.3 is 0 Å². The Morgan fingerprint density at radius 3 is 2.06 bits per heavy atom. The van der Waals surface area contributed by atoms with E-state index in [-0.39, 0.29) is 0 Å². The molecule has 0 bridgehead atoms. The maximum Gasteiger partial charge on any atom is 0.119 e. The summed E-state index contributed by atoms with van der Waals surface area (Å²) in [4.78, 5) is 5.02. The molecule has 0 unspecified atom stereocenters. The number of para-hydroxylation sites is 1. The van der Waals surface area contributed by atoms with Crippen LogP contribution in [0, 0.1) is 13.8 Å². The summed E-state index contributed by atoms with van der Waals surface area (Å²) in [5.41, 5.74) is 7.21. The molecule has 1 saturated heterocycles. The highest BCUT2D eigenvalue weighted by atomic mass is 16.5. The molecule has 4 aromatic rings. The van der Waals surface area contributed by atoms with Crippen LogP contribution in [0.1, 0.15) is 22.5 Å². The van der Waals surface area contributed by atoms with E-state index in [1.165, 1.54) is 22.5 Å². The maximum atomic E-state index is 5.93. The summed E-state index contributed by atoms with van der Waals surface area (Å²) >= 11 is 0. The number of hydrogen-bond acceptors (Lipinski definition) is 4. The Balaban J connectivity index is 1.16. The molecule has 1 fully saturated rings. The zero-order chi connectivity index (χ0) is 23.3. The van der Waals surface area contributed by atoms with E-state index >= 15 is 0 Å². The van der Waals surface area contributed by atoms with Crippen LogP contribution in [0.4, 0.5) is 5.69 Å². The molecule has 34 heavy (non-hydrogen) atoms. The molecule has 1 aliphatic heterocycles. The third kappa shape index (κ3) is 5.00. The normalized spacial score (nSPS) is 14.4. The second-order valence-electron chi connectivity index (χ2n) is 8.95. The SMILES string of the molecule is Cc1nn(-c2ccccc2)c(C)c1N1CCN(Cc2ccc(OCc3ccccc3)cc2)CC1. The van der Waals surface area contributed by atoms with E-state index in [0.717, 1.165) is 49.9 Å². The molecule has 5 heteroatoms. The average Bonchev–Trinajstić information content (AvgIpc) is 3.19. The number of benzene rings is 3. The van der Waals surface area contributed by atoms with Crippen molar-refractivity contribution in [2.24, 2.45) is 0 Å². The minimum absolute atomic E-state index is 0.599. The average molecular weight is 453 g/mol. The first kappa shape index (κ1) is 22.2. The van der Waals surface area contributed by atoms with E-state index in [4.69, 9.17) is 9.84 Å². The fraction of sp³-hybridized carbons (Fsp3) is 0.276. The van der Waals surface area contributed by atoms with Gasteiger partial charge in [0.1, 0.15) is 12.4 Å². The Bertz CT molecular complexity index is 1190. The second-order valence-corrected chi connectivity index (χ2v) is 8.95. The summed E-state index contributed by atoms with van der Waals surface area (Å²) < 4.78 is 8.00. The summed E-state index contributed by atoms with van der Waals surface area (Å²) in [6.45, 7) is 9.98. The van der Waals surface area contributed by atoms with Gasteiger partial charge in [-0.25, -0.2) is 4.68 Å². The molecule has 0 radical (unpaired) electrons. The number of piperazine rings is 1. The van der Waals surface area contributed by atoms with Crippen LogP contribution < -0.4 is 9.64 Å². The summed E-state index contributed by atoms with van der Waals surface area (Å²) in [5.74, 6) is 0.916. The Morgan fingerprint density at radius 1 is 0.735 bits per heavy atom. The third-order valence-electron chi connectivity index (χ3n) is 6.52. The molecule has 1 aromatic heterocycles. The minimum Gasteiger partial charge on any atom is -0.489 e. The van der Waals surface area contributed by atoms with E-state index in [2.05, 4.69) is 89.0 Å². The first-order chi connectivity index (χ1) is 16.7. The minimum atomic E-state index is 0.599. The lowest BCUT2D eigenvalue weighted by atomic mass is 10.1. The highest BCUT2D eigenvalue weighted by Crippen LogP contribution is 2.28. The van der Waals surface area contributed by atoms with Crippen molar-refractivity contribution in [1.82, 2.24) is 14.7 Å². The van der Waals surface area contributed by atoms with E-state index in [9.17, 15) is 0 Å². The van der Waals surface area contributed by atoms with Crippen LogP contribution in [0.3, 0.4) is 0 Å². The third-order valence-corrected chi connectivity index (χ3v) is 6.52. The maximum absolute atomic E-state index is 5.93. The van der Waals surface area contributed by atoms with E-state index in [0.29, 0.717) is 6.61 Å². The van der Waals surface area contributed by atoms with Crippen LogP contribution in [0.2, 0.25) is 0 Å². The van der Waals surface area contributed by atoms with E-state index < -0.39 is 0 Å². The van der Waals surface area contributed by atoms with Crippen LogP contribution >= 0.6 is 0 Å². The topological polar surface area (TPSA) is 33.5 Å². The van der Waals surface area contributed by atoms with Gasteiger partial charge in [-0.05, 0) is 49.2 Å². The first-order valence-corrected chi connectivity index (χ1v) is 12.0. The van der Waals surface area contributed by atoms with Gasteiger partial charge in [0.2, 0.25) is 0 Å². The first-order valence-electron chi connectivity index (χ1n) is 12.0. The molecule has 174 valence electrons. The molecule has 2 heterocycles. The largest absolute Gasteiger partial charge is 0.489 e. The van der Waals surface area contributed by atoms with Gasteiger partial charge in [0, 0.05) is 32.7 Å². The Morgan fingerprint density at radius 2 is 1.38 bits per heavy atom. The molecule has 0 amide bonds. The molecule has 0 aliphatic carbocycles. The fourth-order valence-corrected chi connectivity index (χ4v) is 4.73. The smallest absolute Gasteiger partial charge is 0.119 e. The fourth-order valence-electron chi connectivity index (χ4n) is 4.73. The van der Waals surface area contributed by atoms with Crippen molar-refractivity contribution in [3.63, 3.8) is 0 Å². The van der Waals surface area contributed by atoms with Crippen LogP contribution in [-0.2, 0) is 13.2 Å². The summed E-state index contributed by atoms with van der Waals surface area (Å²) in [6, 6.07) is 29.2. The van der Waals surface area contributed by atoms with Gasteiger partial charge in [0.15, 0.2) is 0 Å². The monoisotopic (exact) mass is 452 g/mol. The van der Waals surface area contributed by atoms with Crippen LogP contribution in [-0.4, -0.2) is 40.9 Å². The molecule has 5 nitrogen and oxygen atoms in total. The number of aromatic nitrogens is 2. The molecule has 0 spiro atoms. The van der Waals surface area contributed by atoms with Crippen molar-refractivity contribution < 1.29 is 4.74 Å². The highest BCUT2D eigenvalue weighted by molar-refractivity contribution is 5.57. The number of nitrogens with zero attached hydrogens (tertiary/aromatic N) is 4. The summed E-state index contributed by atoms with van der Waals surface area (Å²) in [6.07, 6.45) is 0. The number of rotatable bonds is 7. The van der Waals surface area contributed by atoms with E-state index in [1.807, 2.05) is 24.3 Å². The van der Waals surface area contributed by atoms with Crippen molar-refractivity contribution in [3.05, 3.63) is 107 Å². The van der Waals surface area contributed by atoms with Crippen LogP contribution in [0.5, 0.6) is 5.75 Å². The number of ether oxygens (including phenoxy) is 1. The molecule has 0 N–H and O–H groups in total. The van der Waals surface area contributed by atoms with Gasteiger partial charge in [-0.2, -0.15) is 5.10 Å². The van der Waals surface area contributed by atoms with Gasteiger partial charge in [-0.3, -0.25) is 4.90 Å². The Kier molecular flexibility index (Phi) is 6.63. The summed E-state index contributed by atoms with van der Waals surface area (Å²) in [7, 11) is 0. The van der Waals surface area contributed by atoms with Crippen molar-refractivity contribution in [3.8, 4) is 11.4 Å². The van der Waals surface area contributed by atoms with Gasteiger partial charge in [0.05, 0.1) is 22.8 Å². The van der Waals surface area contributed by atoms with Gasteiger partial charge < -0.3 is 9.64 Å². The summed E-state index contributed by atoms with van der Waals surface area (Å²) in [5, 5.41) is 4.83. The van der Waals surface area contributed by atoms with Gasteiger partial charge in [-0.15, -0.1) is 0 Å². The Labute approximate surface area is 202 Å². The van der Waals surface area contributed by atoms with Crippen LogP contribution in [0.25, 0.3) is 5.69 Å². The molecular weight excluding hydrogens is 420 g/mol. The number of aryl methyl sites for hydroxylation is 1. The lowest BCUT2D eigenvalue weighted by Gasteiger charge is -2.36. The Hall–Kier alpha value is -3.57. The lowest BCUT2D eigenvalue weighted by molar-refractivity contribution is 0.249. The van der Waals surface area contributed by atoms with Crippen molar-refractivity contribution >= 4 is 5.69 Å². The van der Waals surface area contributed by atoms with E-state index in [1.54, 1.807) is 0 Å². The molecular formula is C29H32N4O. The van der Waals surface area contributed by atoms with Gasteiger partial charge in [0.25, 0.3) is 0 Å². The zero-order valence-corrected chi connectivity index (χ0v) is 20.0. The number of anilines is 1. The van der Waals surface area contributed by atoms with Crippen molar-refractivity contribution in [2.45, 2.75) is 27.0 Å².